The van der Waals surface area contributed by atoms with Crippen LogP contribution in [0.5, 0.6) is 0 Å². The van der Waals surface area contributed by atoms with Gasteiger partial charge in [-0.1, -0.05) is 0 Å². The van der Waals surface area contributed by atoms with E-state index in [1.807, 2.05) is 0 Å². The number of allylic oxidation sites excluding steroid dienone is 4. The second-order valence-electron chi connectivity index (χ2n) is 16.1. The zero-order valence-corrected chi connectivity index (χ0v) is 37.0. The Labute approximate surface area is 356 Å². The standard InChI is InChI=1S/C48H63N12/c1-9-53-25-26-54(10-2)45(53)41-33-17-19-35(49-33)42(46-55(11-3)27-28-56(46)12-4)37-21-23-39(51-37)44(48-59(15-7)31-32-60(48)16-8)40-24-22-38(52-40)43(36-20-18-34(41)50-36)47-57(13-5)29-30-58(47)14-6/h17,19,22,24-32,34,37,49H,9-16,18,20-21,23H2,1-8H3/q+1. The molecule has 7 aliphatic heterocycles. The molecule has 8 bridgehead atoms. The molecule has 0 radical (unpaired) electrons. The monoisotopic (exact) mass is 808 g/mol. The predicted molar refractivity (Wildman–Crippen MR) is 244 cm³/mol. The molecule has 12 nitrogen and oxygen atoms in total. The van der Waals surface area contributed by atoms with Gasteiger partial charge >= 0.3 is 0 Å². The molecule has 2 aromatic rings. The van der Waals surface area contributed by atoms with Crippen molar-refractivity contribution in [3.05, 3.63) is 120 Å². The van der Waals surface area contributed by atoms with Crippen LogP contribution in [0.15, 0.2) is 118 Å². The van der Waals surface area contributed by atoms with Gasteiger partial charge in [-0.15, -0.1) is 0 Å². The smallest absolute Gasteiger partial charge is 0.292 e. The first-order valence-corrected chi connectivity index (χ1v) is 22.7. The molecule has 0 spiro atoms. The van der Waals surface area contributed by atoms with E-state index in [0.717, 1.165) is 135 Å². The van der Waals surface area contributed by atoms with E-state index in [9.17, 15) is 0 Å². The number of hydrogen-bond acceptors (Lipinski definition) is 9. The average molecular weight is 808 g/mol. The maximum absolute atomic E-state index is 5.82. The number of aryl methyl sites for hydroxylation is 2. The summed E-state index contributed by atoms with van der Waals surface area (Å²) in [5.41, 5.74) is 11.2. The van der Waals surface area contributed by atoms with Crippen molar-refractivity contribution in [2.45, 2.75) is 106 Å². The Morgan fingerprint density at radius 2 is 1.05 bits per heavy atom. The van der Waals surface area contributed by atoms with Crippen LogP contribution in [0.25, 0.3) is 16.7 Å². The molecular weight excluding hydrogens is 745 g/mol. The second-order valence-corrected chi connectivity index (χ2v) is 16.1. The maximum atomic E-state index is 5.82. The van der Waals surface area contributed by atoms with Crippen molar-refractivity contribution in [1.82, 2.24) is 39.0 Å². The van der Waals surface area contributed by atoms with E-state index in [2.05, 4.69) is 173 Å². The minimum Gasteiger partial charge on any atom is -0.355 e. The summed E-state index contributed by atoms with van der Waals surface area (Å²) in [4.78, 5) is 35.7. The Balaban J connectivity index is 1.37. The van der Waals surface area contributed by atoms with Crippen LogP contribution in [0, 0.1) is 0 Å². The first kappa shape index (κ1) is 39.7. The van der Waals surface area contributed by atoms with Crippen LogP contribution in [0.3, 0.4) is 0 Å². The van der Waals surface area contributed by atoms with Crippen LogP contribution >= 0.6 is 0 Å². The van der Waals surface area contributed by atoms with E-state index in [0.29, 0.717) is 0 Å². The number of fused-ring (bicyclic) bond motifs is 5. The molecule has 0 aliphatic carbocycles. The van der Waals surface area contributed by atoms with Crippen LogP contribution in [-0.4, -0.2) is 107 Å². The van der Waals surface area contributed by atoms with Gasteiger partial charge in [0.25, 0.3) is 5.82 Å². The molecule has 0 saturated heterocycles. The van der Waals surface area contributed by atoms with Crippen molar-refractivity contribution >= 4 is 33.9 Å². The Kier molecular flexibility index (Phi) is 10.8. The number of aromatic nitrogens is 3. The van der Waals surface area contributed by atoms with Gasteiger partial charge < -0.3 is 34.4 Å². The van der Waals surface area contributed by atoms with E-state index in [4.69, 9.17) is 15.0 Å². The number of H-pyrrole nitrogens is 1. The van der Waals surface area contributed by atoms with Crippen molar-refractivity contribution in [2.75, 3.05) is 39.3 Å². The molecule has 0 saturated carbocycles. The third-order valence-electron chi connectivity index (χ3n) is 13.1. The number of hydrogen-bond donors (Lipinski definition) is 1. The fourth-order valence-corrected chi connectivity index (χ4v) is 10.1. The van der Waals surface area contributed by atoms with Crippen LogP contribution < -0.4 is 4.57 Å². The molecule has 9 rings (SSSR count). The lowest BCUT2D eigenvalue weighted by molar-refractivity contribution is -0.695. The highest BCUT2D eigenvalue weighted by atomic mass is 15.4. The number of aromatic amines is 1. The predicted octanol–water partition coefficient (Wildman–Crippen LogP) is 7.72. The molecule has 7 aliphatic rings. The second kappa shape index (κ2) is 16.3. The van der Waals surface area contributed by atoms with Gasteiger partial charge in [0.1, 0.15) is 35.4 Å². The van der Waals surface area contributed by atoms with Gasteiger partial charge in [0, 0.05) is 105 Å². The quantitative estimate of drug-likeness (QED) is 0.262. The topological polar surface area (TPSA) is 81.1 Å². The number of imidazole rings is 1. The van der Waals surface area contributed by atoms with Crippen molar-refractivity contribution in [1.29, 1.82) is 0 Å². The molecule has 9 heterocycles. The summed E-state index contributed by atoms with van der Waals surface area (Å²) in [6.07, 6.45) is 25.8. The molecule has 0 amide bonds. The van der Waals surface area contributed by atoms with Crippen LogP contribution in [0.4, 0.5) is 0 Å². The van der Waals surface area contributed by atoms with Crippen molar-refractivity contribution in [2.24, 2.45) is 15.0 Å². The average Bonchev–Trinajstić information content (AvgIpc) is 4.13. The van der Waals surface area contributed by atoms with E-state index >= 15 is 0 Å². The van der Waals surface area contributed by atoms with Crippen LogP contribution in [-0.2, 0) is 13.1 Å². The van der Waals surface area contributed by atoms with Gasteiger partial charge in [-0.25, -0.2) is 14.1 Å². The molecule has 2 aromatic heterocycles. The number of nitrogens with zero attached hydrogens (tertiary/aromatic N) is 11. The Morgan fingerprint density at radius 1 is 0.583 bits per heavy atom. The van der Waals surface area contributed by atoms with Gasteiger partial charge in [0.05, 0.1) is 47.9 Å². The summed E-state index contributed by atoms with van der Waals surface area (Å²) in [6, 6.07) is 4.52. The van der Waals surface area contributed by atoms with Crippen molar-refractivity contribution in [3.63, 3.8) is 0 Å². The third kappa shape index (κ3) is 6.41. The molecule has 12 heteroatoms. The highest BCUT2D eigenvalue weighted by Gasteiger charge is 2.40. The summed E-state index contributed by atoms with van der Waals surface area (Å²) in [6.45, 7) is 24.8. The van der Waals surface area contributed by atoms with Gasteiger partial charge in [-0.2, -0.15) is 0 Å². The minimum atomic E-state index is -0.0555. The first-order chi connectivity index (χ1) is 29.4. The molecule has 2 unspecified atom stereocenters. The van der Waals surface area contributed by atoms with E-state index in [1.54, 1.807) is 0 Å². The molecule has 2 atom stereocenters. The summed E-state index contributed by atoms with van der Waals surface area (Å²) in [7, 11) is 0. The summed E-state index contributed by atoms with van der Waals surface area (Å²) >= 11 is 0. The molecule has 314 valence electrons. The molecule has 0 aromatic carbocycles. The van der Waals surface area contributed by atoms with Gasteiger partial charge in [0.2, 0.25) is 0 Å². The van der Waals surface area contributed by atoms with E-state index in [1.165, 1.54) is 22.8 Å². The summed E-state index contributed by atoms with van der Waals surface area (Å²) in [5, 5.41) is 0. The normalized spacial score (nSPS) is 22.5. The van der Waals surface area contributed by atoms with Crippen LogP contribution in [0.2, 0.25) is 0 Å². The number of rotatable bonds is 9. The fourth-order valence-electron chi connectivity index (χ4n) is 10.1. The summed E-state index contributed by atoms with van der Waals surface area (Å²) < 4.78 is 4.73. The van der Waals surface area contributed by atoms with Crippen molar-refractivity contribution in [3.8, 4) is 0 Å². The largest absolute Gasteiger partial charge is 0.355 e. The highest BCUT2D eigenvalue weighted by Crippen LogP contribution is 2.43. The summed E-state index contributed by atoms with van der Waals surface area (Å²) in [5.74, 6) is 4.76. The van der Waals surface area contributed by atoms with Crippen LogP contribution in [0.1, 0.15) is 98.3 Å². The molecule has 1 N–H and O–H groups in total. The SMILES string of the molecule is CCN1C=CN(CC)C1=C1C2=NC(=C(c3n(CC)cc[n+]3CC)C3=NC(CC3)C(=C3N(CC)C=CN3CC)c3ccc([nH]3)C(=C3N(CC)C=CN3CC)C3CCC1=N3)C=C2. The Hall–Kier alpha value is -5.78. The van der Waals surface area contributed by atoms with Gasteiger partial charge in [-0.3, -0.25) is 9.98 Å². The molecular formula is C48H63N12+. The Bertz CT molecular complexity index is 2310. The zero-order valence-electron chi connectivity index (χ0n) is 37.0. The minimum absolute atomic E-state index is 0.0555. The Morgan fingerprint density at radius 3 is 1.50 bits per heavy atom. The van der Waals surface area contributed by atoms with E-state index < -0.39 is 0 Å². The van der Waals surface area contributed by atoms with E-state index in [-0.39, 0.29) is 12.1 Å². The lowest BCUT2D eigenvalue weighted by atomic mass is 9.98. The van der Waals surface area contributed by atoms with Gasteiger partial charge in [0.15, 0.2) is 0 Å². The highest BCUT2D eigenvalue weighted by molar-refractivity contribution is 6.32. The molecule has 60 heavy (non-hydrogen) atoms. The number of nitrogens with one attached hydrogen (secondary N) is 1. The lowest BCUT2D eigenvalue weighted by Crippen LogP contribution is -2.37. The zero-order chi connectivity index (χ0) is 41.7. The number of aliphatic imine (C=N–C) groups is 3. The first-order valence-electron chi connectivity index (χ1n) is 22.7. The third-order valence-corrected chi connectivity index (χ3v) is 13.1. The van der Waals surface area contributed by atoms with Crippen molar-refractivity contribution < 1.29 is 4.57 Å². The fraction of sp³-hybridized carbons (Fsp3) is 0.458. The maximum Gasteiger partial charge on any atom is 0.292 e. The lowest BCUT2D eigenvalue weighted by Gasteiger charge is -2.29. The molecule has 0 fully saturated rings. The van der Waals surface area contributed by atoms with Gasteiger partial charge in [-0.05, 0) is 105 Å².